The van der Waals surface area contributed by atoms with Gasteiger partial charge >= 0.3 is 0 Å². The first-order valence-corrected chi connectivity index (χ1v) is 7.15. The summed E-state index contributed by atoms with van der Waals surface area (Å²) >= 11 is 0. The number of nitrogens with two attached hydrogens (primary N) is 1. The van der Waals surface area contributed by atoms with Crippen molar-refractivity contribution in [3.8, 4) is 0 Å². The van der Waals surface area contributed by atoms with E-state index in [1.165, 1.54) is 31.2 Å². The standard InChI is InChI=1S/C17H21NO/c18-16(13-15-9-6-12-19-15)17(10-4-5-11-17)14-7-2-1-3-8-14/h1-3,6-9,12,16H,4-5,10-11,13,18H2. The molecule has 1 unspecified atom stereocenters. The Hall–Kier alpha value is -1.54. The van der Waals surface area contributed by atoms with Gasteiger partial charge in [-0.25, -0.2) is 0 Å². The van der Waals surface area contributed by atoms with Crippen molar-refractivity contribution in [1.82, 2.24) is 0 Å². The first kappa shape index (κ1) is 12.5. The van der Waals surface area contributed by atoms with E-state index < -0.39 is 0 Å². The van der Waals surface area contributed by atoms with Crippen molar-refractivity contribution in [2.24, 2.45) is 5.73 Å². The van der Waals surface area contributed by atoms with Gasteiger partial charge in [0.2, 0.25) is 0 Å². The SMILES string of the molecule is NC(Cc1ccco1)C1(c2ccccc2)CCCC1. The maximum absolute atomic E-state index is 6.58. The number of hydrogen-bond donors (Lipinski definition) is 1. The molecule has 0 aliphatic heterocycles. The van der Waals surface area contributed by atoms with E-state index in [1.807, 2.05) is 12.1 Å². The maximum Gasteiger partial charge on any atom is 0.105 e. The van der Waals surface area contributed by atoms with Crippen LogP contribution in [0.3, 0.4) is 0 Å². The molecule has 0 amide bonds. The molecule has 1 aliphatic rings. The molecule has 1 fully saturated rings. The summed E-state index contributed by atoms with van der Waals surface area (Å²) in [6.45, 7) is 0. The highest BCUT2D eigenvalue weighted by Crippen LogP contribution is 2.43. The van der Waals surface area contributed by atoms with Crippen LogP contribution >= 0.6 is 0 Å². The van der Waals surface area contributed by atoms with E-state index in [2.05, 4.69) is 30.3 Å². The summed E-state index contributed by atoms with van der Waals surface area (Å²) in [6, 6.07) is 14.9. The third-order valence-corrected chi connectivity index (χ3v) is 4.56. The van der Waals surface area contributed by atoms with E-state index >= 15 is 0 Å². The number of furan rings is 1. The van der Waals surface area contributed by atoms with Crippen molar-refractivity contribution < 1.29 is 4.42 Å². The fraction of sp³-hybridized carbons (Fsp3) is 0.412. The molecule has 2 heteroatoms. The minimum absolute atomic E-state index is 0.128. The van der Waals surface area contributed by atoms with Crippen LogP contribution in [-0.4, -0.2) is 6.04 Å². The minimum Gasteiger partial charge on any atom is -0.469 e. The highest BCUT2D eigenvalue weighted by atomic mass is 16.3. The first-order chi connectivity index (χ1) is 9.31. The van der Waals surface area contributed by atoms with Crippen molar-refractivity contribution >= 4 is 0 Å². The zero-order valence-electron chi connectivity index (χ0n) is 11.2. The van der Waals surface area contributed by atoms with Gasteiger partial charge in [0.1, 0.15) is 5.76 Å². The molecule has 19 heavy (non-hydrogen) atoms. The van der Waals surface area contributed by atoms with E-state index in [4.69, 9.17) is 10.2 Å². The average molecular weight is 255 g/mol. The molecule has 2 aromatic rings. The number of hydrogen-bond acceptors (Lipinski definition) is 2. The van der Waals surface area contributed by atoms with Crippen molar-refractivity contribution in [1.29, 1.82) is 0 Å². The summed E-state index contributed by atoms with van der Waals surface area (Å²) in [5, 5.41) is 0. The smallest absolute Gasteiger partial charge is 0.105 e. The molecule has 0 spiro atoms. The molecule has 1 saturated carbocycles. The Bertz CT molecular complexity index is 497. The second kappa shape index (κ2) is 5.22. The lowest BCUT2D eigenvalue weighted by molar-refractivity contribution is 0.330. The Morgan fingerprint density at radius 2 is 1.79 bits per heavy atom. The van der Waals surface area contributed by atoms with E-state index in [0.29, 0.717) is 0 Å². The van der Waals surface area contributed by atoms with Crippen molar-refractivity contribution in [2.75, 3.05) is 0 Å². The molecule has 3 rings (SSSR count). The second-order valence-corrected chi connectivity index (χ2v) is 5.62. The monoisotopic (exact) mass is 255 g/mol. The van der Waals surface area contributed by atoms with Crippen LogP contribution in [0.15, 0.2) is 53.1 Å². The van der Waals surface area contributed by atoms with Gasteiger partial charge in [0.15, 0.2) is 0 Å². The van der Waals surface area contributed by atoms with Crippen LogP contribution in [0.4, 0.5) is 0 Å². The summed E-state index contributed by atoms with van der Waals surface area (Å²) < 4.78 is 5.46. The summed E-state index contributed by atoms with van der Waals surface area (Å²) in [4.78, 5) is 0. The first-order valence-electron chi connectivity index (χ1n) is 7.15. The van der Waals surface area contributed by atoms with E-state index in [0.717, 1.165) is 12.2 Å². The van der Waals surface area contributed by atoms with E-state index in [-0.39, 0.29) is 11.5 Å². The van der Waals surface area contributed by atoms with Crippen LogP contribution in [0.2, 0.25) is 0 Å². The van der Waals surface area contributed by atoms with Gasteiger partial charge in [-0.3, -0.25) is 0 Å². The van der Waals surface area contributed by atoms with Gasteiger partial charge in [-0.2, -0.15) is 0 Å². The Morgan fingerprint density at radius 3 is 2.42 bits per heavy atom. The normalized spacial score (nSPS) is 19.4. The molecular weight excluding hydrogens is 234 g/mol. The van der Waals surface area contributed by atoms with Gasteiger partial charge < -0.3 is 10.2 Å². The molecule has 2 nitrogen and oxygen atoms in total. The lowest BCUT2D eigenvalue weighted by Gasteiger charge is -2.35. The molecule has 0 bridgehead atoms. The Morgan fingerprint density at radius 1 is 1.05 bits per heavy atom. The molecule has 1 heterocycles. The molecule has 1 aromatic heterocycles. The zero-order valence-corrected chi connectivity index (χ0v) is 11.2. The minimum atomic E-state index is 0.128. The molecule has 1 aliphatic carbocycles. The average Bonchev–Trinajstić information content (AvgIpc) is 3.11. The van der Waals surface area contributed by atoms with Crippen molar-refractivity contribution in [3.05, 3.63) is 60.1 Å². The maximum atomic E-state index is 6.58. The van der Waals surface area contributed by atoms with Crippen molar-refractivity contribution in [2.45, 2.75) is 43.6 Å². The quantitative estimate of drug-likeness (QED) is 0.905. The second-order valence-electron chi connectivity index (χ2n) is 5.62. The Balaban J connectivity index is 1.88. The van der Waals surface area contributed by atoms with Crippen LogP contribution in [0.25, 0.3) is 0 Å². The largest absolute Gasteiger partial charge is 0.469 e. The summed E-state index contributed by atoms with van der Waals surface area (Å²) in [7, 11) is 0. The lowest BCUT2D eigenvalue weighted by atomic mass is 9.72. The molecule has 1 atom stereocenters. The molecule has 1 aromatic carbocycles. The van der Waals surface area contributed by atoms with Crippen molar-refractivity contribution in [3.63, 3.8) is 0 Å². The fourth-order valence-corrected chi connectivity index (χ4v) is 3.49. The van der Waals surface area contributed by atoms with Gasteiger partial charge in [0.05, 0.1) is 6.26 Å². The third kappa shape index (κ3) is 2.33. The van der Waals surface area contributed by atoms with Crippen LogP contribution < -0.4 is 5.73 Å². The molecule has 2 N–H and O–H groups in total. The van der Waals surface area contributed by atoms with Crippen LogP contribution in [0.5, 0.6) is 0 Å². The summed E-state index contributed by atoms with van der Waals surface area (Å²) in [5.74, 6) is 0.995. The number of rotatable bonds is 4. The fourth-order valence-electron chi connectivity index (χ4n) is 3.49. The van der Waals surface area contributed by atoms with Crippen LogP contribution in [-0.2, 0) is 11.8 Å². The molecule has 0 radical (unpaired) electrons. The van der Waals surface area contributed by atoms with Gasteiger partial charge in [0.25, 0.3) is 0 Å². The van der Waals surface area contributed by atoms with E-state index in [1.54, 1.807) is 6.26 Å². The van der Waals surface area contributed by atoms with Gasteiger partial charge in [-0.1, -0.05) is 43.2 Å². The highest BCUT2D eigenvalue weighted by Gasteiger charge is 2.41. The highest BCUT2D eigenvalue weighted by molar-refractivity contribution is 5.29. The third-order valence-electron chi connectivity index (χ3n) is 4.56. The predicted molar refractivity (Wildman–Crippen MR) is 77.0 cm³/mol. The Labute approximate surface area is 114 Å². The van der Waals surface area contributed by atoms with Gasteiger partial charge in [0, 0.05) is 17.9 Å². The van der Waals surface area contributed by atoms with Gasteiger partial charge in [-0.15, -0.1) is 0 Å². The summed E-state index contributed by atoms with van der Waals surface area (Å²) in [5.41, 5.74) is 8.11. The topological polar surface area (TPSA) is 39.2 Å². The Kier molecular flexibility index (Phi) is 3.43. The predicted octanol–water partition coefficient (Wildman–Crippen LogP) is 3.66. The lowest BCUT2D eigenvalue weighted by Crippen LogP contribution is -2.45. The van der Waals surface area contributed by atoms with Gasteiger partial charge in [-0.05, 0) is 30.5 Å². The van der Waals surface area contributed by atoms with Crippen LogP contribution in [0, 0.1) is 0 Å². The number of benzene rings is 1. The summed E-state index contributed by atoms with van der Waals surface area (Å²) in [6.07, 6.45) is 7.49. The zero-order chi connectivity index (χ0) is 13.1. The van der Waals surface area contributed by atoms with Crippen LogP contribution in [0.1, 0.15) is 37.0 Å². The molecule has 100 valence electrons. The molecule has 0 saturated heterocycles. The molecular formula is C17H21NO. The van der Waals surface area contributed by atoms with E-state index in [9.17, 15) is 0 Å².